The molecule has 31 heavy (non-hydrogen) atoms. The van der Waals surface area contributed by atoms with Gasteiger partial charge in [-0.25, -0.2) is 0 Å². The molecule has 1 heterocycles. The monoisotopic (exact) mass is 493 g/mol. The second-order valence-corrected chi connectivity index (χ2v) is 10.00. The van der Waals surface area contributed by atoms with Gasteiger partial charge < -0.3 is 5.32 Å². The van der Waals surface area contributed by atoms with E-state index in [4.69, 9.17) is 34.8 Å². The molecule has 2 aromatic carbocycles. The number of rotatable bonds is 9. The zero-order valence-electron chi connectivity index (χ0n) is 17.7. The Bertz CT molecular complexity index is 1020. The standard InChI is InChI=1S/C25H26Cl3NOS/c1-3-5-17(6-4-2)25(30)29-15-20-14-22(16-7-9-18(26)10-8-16)24(31-20)21-12-11-19(27)13-23(21)28/h7-14,17H,3-6,15H2,1-2H3,(H,29,30). The molecule has 0 bridgehead atoms. The average molecular weight is 495 g/mol. The molecular formula is C25H26Cl3NOS. The molecule has 0 unspecified atom stereocenters. The van der Waals surface area contributed by atoms with E-state index in [0.717, 1.165) is 52.1 Å². The topological polar surface area (TPSA) is 29.1 Å². The molecule has 3 aromatic rings. The molecule has 0 spiro atoms. The summed E-state index contributed by atoms with van der Waals surface area (Å²) in [4.78, 5) is 14.8. The lowest BCUT2D eigenvalue weighted by Gasteiger charge is -2.14. The fraction of sp³-hybridized carbons (Fsp3) is 0.320. The molecule has 6 heteroatoms. The molecule has 1 N–H and O–H groups in total. The Hall–Kier alpha value is -1.52. The summed E-state index contributed by atoms with van der Waals surface area (Å²) < 4.78 is 0. The van der Waals surface area contributed by atoms with Crippen LogP contribution in [0, 0.1) is 5.92 Å². The van der Waals surface area contributed by atoms with Crippen LogP contribution in [0.15, 0.2) is 48.5 Å². The number of nitrogens with one attached hydrogen (secondary N) is 1. The Morgan fingerprint density at radius 3 is 2.16 bits per heavy atom. The van der Waals surface area contributed by atoms with E-state index < -0.39 is 0 Å². The summed E-state index contributed by atoms with van der Waals surface area (Å²) in [5.41, 5.74) is 3.04. The SMILES string of the molecule is CCCC(CCC)C(=O)NCc1cc(-c2ccc(Cl)cc2)c(-c2ccc(Cl)cc2Cl)s1. The summed E-state index contributed by atoms with van der Waals surface area (Å²) in [6.45, 7) is 4.74. The Balaban J connectivity index is 1.92. The molecule has 1 aromatic heterocycles. The van der Waals surface area contributed by atoms with E-state index in [-0.39, 0.29) is 11.8 Å². The predicted octanol–water partition coefficient (Wildman–Crippen LogP) is 8.87. The molecule has 0 atom stereocenters. The van der Waals surface area contributed by atoms with Crippen molar-refractivity contribution in [3.8, 4) is 21.6 Å². The number of carbonyl (C=O) groups is 1. The van der Waals surface area contributed by atoms with Gasteiger partial charge in [0.25, 0.3) is 0 Å². The molecule has 0 aliphatic carbocycles. The smallest absolute Gasteiger partial charge is 0.223 e. The third kappa shape index (κ3) is 6.26. The molecule has 1 amide bonds. The van der Waals surface area contributed by atoms with Gasteiger partial charge in [0.15, 0.2) is 0 Å². The minimum Gasteiger partial charge on any atom is -0.351 e. The summed E-state index contributed by atoms with van der Waals surface area (Å²) in [5, 5.41) is 5.04. The Kier molecular flexibility index (Phi) is 8.85. The number of hydrogen-bond acceptors (Lipinski definition) is 2. The number of thiophene rings is 1. The molecule has 0 saturated heterocycles. The van der Waals surface area contributed by atoms with E-state index in [2.05, 4.69) is 25.2 Å². The van der Waals surface area contributed by atoms with Crippen molar-refractivity contribution in [2.24, 2.45) is 5.92 Å². The number of amides is 1. The summed E-state index contributed by atoms with van der Waals surface area (Å²) in [6, 6.07) is 15.4. The van der Waals surface area contributed by atoms with Gasteiger partial charge in [-0.05, 0) is 48.7 Å². The van der Waals surface area contributed by atoms with E-state index in [1.165, 1.54) is 0 Å². The highest BCUT2D eigenvalue weighted by Gasteiger charge is 2.19. The Labute approximate surface area is 203 Å². The zero-order valence-corrected chi connectivity index (χ0v) is 20.8. The van der Waals surface area contributed by atoms with Crippen LogP contribution in [-0.4, -0.2) is 5.91 Å². The lowest BCUT2D eigenvalue weighted by molar-refractivity contribution is -0.125. The van der Waals surface area contributed by atoms with Crippen molar-refractivity contribution in [2.75, 3.05) is 0 Å². The second-order valence-electron chi connectivity index (χ2n) is 7.58. The van der Waals surface area contributed by atoms with Crippen LogP contribution < -0.4 is 5.32 Å². The van der Waals surface area contributed by atoms with E-state index in [0.29, 0.717) is 21.6 Å². The number of carbonyl (C=O) groups excluding carboxylic acids is 1. The van der Waals surface area contributed by atoms with Crippen LogP contribution in [0.25, 0.3) is 21.6 Å². The fourth-order valence-electron chi connectivity index (χ4n) is 3.67. The lowest BCUT2D eigenvalue weighted by atomic mass is 9.97. The minimum atomic E-state index is 0.0795. The number of hydrogen-bond donors (Lipinski definition) is 1. The maximum absolute atomic E-state index is 12.7. The van der Waals surface area contributed by atoms with E-state index >= 15 is 0 Å². The van der Waals surface area contributed by atoms with Gasteiger partial charge in [0.1, 0.15) is 0 Å². The highest BCUT2D eigenvalue weighted by molar-refractivity contribution is 7.16. The molecule has 0 radical (unpaired) electrons. The van der Waals surface area contributed by atoms with E-state index in [1.807, 2.05) is 36.4 Å². The Morgan fingerprint density at radius 1 is 0.903 bits per heavy atom. The maximum Gasteiger partial charge on any atom is 0.223 e. The fourth-order valence-corrected chi connectivity index (χ4v) is 5.51. The zero-order chi connectivity index (χ0) is 22.4. The molecular weight excluding hydrogens is 469 g/mol. The third-order valence-electron chi connectivity index (χ3n) is 5.20. The van der Waals surface area contributed by atoms with Crippen molar-refractivity contribution >= 4 is 52.0 Å². The molecule has 0 aliphatic heterocycles. The first-order valence-corrected chi connectivity index (χ1v) is 12.5. The van der Waals surface area contributed by atoms with Gasteiger partial charge in [0.05, 0.1) is 11.6 Å². The molecule has 2 nitrogen and oxygen atoms in total. The van der Waals surface area contributed by atoms with Crippen LogP contribution in [0.2, 0.25) is 15.1 Å². The summed E-state index contributed by atoms with van der Waals surface area (Å²) in [7, 11) is 0. The Morgan fingerprint density at radius 2 is 1.55 bits per heavy atom. The van der Waals surface area contributed by atoms with Crippen molar-refractivity contribution in [3.63, 3.8) is 0 Å². The quantitative estimate of drug-likeness (QED) is 0.316. The van der Waals surface area contributed by atoms with Crippen LogP contribution >= 0.6 is 46.1 Å². The van der Waals surface area contributed by atoms with Crippen LogP contribution in [-0.2, 0) is 11.3 Å². The van der Waals surface area contributed by atoms with Crippen LogP contribution in [0.4, 0.5) is 0 Å². The first-order chi connectivity index (χ1) is 14.9. The van der Waals surface area contributed by atoms with Crippen molar-refractivity contribution in [2.45, 2.75) is 46.1 Å². The molecule has 0 fully saturated rings. The van der Waals surface area contributed by atoms with E-state index in [1.54, 1.807) is 17.4 Å². The number of benzene rings is 2. The normalized spacial score (nSPS) is 11.2. The predicted molar refractivity (Wildman–Crippen MR) is 135 cm³/mol. The highest BCUT2D eigenvalue weighted by atomic mass is 35.5. The number of halogens is 3. The van der Waals surface area contributed by atoms with Gasteiger partial charge in [-0.1, -0.05) is 79.7 Å². The first-order valence-electron chi connectivity index (χ1n) is 10.5. The van der Waals surface area contributed by atoms with Gasteiger partial charge in [0.2, 0.25) is 5.91 Å². The largest absolute Gasteiger partial charge is 0.351 e. The molecule has 0 aliphatic rings. The van der Waals surface area contributed by atoms with Gasteiger partial charge in [0, 0.05) is 36.8 Å². The van der Waals surface area contributed by atoms with Crippen molar-refractivity contribution < 1.29 is 4.79 Å². The highest BCUT2D eigenvalue weighted by Crippen LogP contribution is 2.43. The average Bonchev–Trinajstić information content (AvgIpc) is 3.16. The molecule has 0 saturated carbocycles. The van der Waals surface area contributed by atoms with Crippen LogP contribution in [0.3, 0.4) is 0 Å². The van der Waals surface area contributed by atoms with Gasteiger partial charge >= 0.3 is 0 Å². The molecule has 164 valence electrons. The third-order valence-corrected chi connectivity index (χ3v) is 7.16. The minimum absolute atomic E-state index is 0.0795. The van der Waals surface area contributed by atoms with Gasteiger partial charge in [-0.2, -0.15) is 0 Å². The van der Waals surface area contributed by atoms with Gasteiger partial charge in [-0.15, -0.1) is 11.3 Å². The van der Waals surface area contributed by atoms with Crippen LogP contribution in [0.1, 0.15) is 44.4 Å². The molecule has 3 rings (SSSR count). The second kappa shape index (κ2) is 11.4. The van der Waals surface area contributed by atoms with Crippen LogP contribution in [0.5, 0.6) is 0 Å². The summed E-state index contributed by atoms with van der Waals surface area (Å²) in [6.07, 6.45) is 3.87. The summed E-state index contributed by atoms with van der Waals surface area (Å²) >= 11 is 20.4. The van der Waals surface area contributed by atoms with Crippen molar-refractivity contribution in [3.05, 3.63) is 68.5 Å². The van der Waals surface area contributed by atoms with Crippen molar-refractivity contribution in [1.82, 2.24) is 5.32 Å². The van der Waals surface area contributed by atoms with Gasteiger partial charge in [-0.3, -0.25) is 4.79 Å². The van der Waals surface area contributed by atoms with E-state index in [9.17, 15) is 4.79 Å². The lowest BCUT2D eigenvalue weighted by Crippen LogP contribution is -2.30. The summed E-state index contributed by atoms with van der Waals surface area (Å²) in [5.74, 6) is 0.215. The van der Waals surface area contributed by atoms with Crippen molar-refractivity contribution in [1.29, 1.82) is 0 Å². The maximum atomic E-state index is 12.7. The first kappa shape index (κ1) is 24.1.